The number of hydrogen-bond acceptors (Lipinski definition) is 4. The number of morpholine rings is 1. The molecule has 0 spiro atoms. The SMILES string of the molecule is NC[C@H]1CCN(C(=O)c2ccccc2N2CCOCC2)C1. The van der Waals surface area contributed by atoms with Crippen molar-refractivity contribution in [1.82, 2.24) is 4.90 Å². The molecule has 5 heteroatoms. The fraction of sp³-hybridized carbons (Fsp3) is 0.562. The number of rotatable bonds is 3. The van der Waals surface area contributed by atoms with Crippen molar-refractivity contribution in [2.24, 2.45) is 11.7 Å². The van der Waals surface area contributed by atoms with Gasteiger partial charge in [0.2, 0.25) is 0 Å². The maximum Gasteiger partial charge on any atom is 0.255 e. The molecular weight excluding hydrogens is 266 g/mol. The van der Waals surface area contributed by atoms with Crippen LogP contribution in [0.4, 0.5) is 5.69 Å². The zero-order valence-electron chi connectivity index (χ0n) is 12.3. The molecule has 5 nitrogen and oxygen atoms in total. The Bertz CT molecular complexity index is 500. The predicted molar refractivity (Wildman–Crippen MR) is 82.5 cm³/mol. The average Bonchev–Trinajstić information content (AvgIpc) is 3.04. The number of nitrogens with zero attached hydrogens (tertiary/aromatic N) is 2. The van der Waals surface area contributed by atoms with Crippen LogP contribution in [-0.2, 0) is 4.74 Å². The van der Waals surface area contributed by atoms with Crippen LogP contribution in [0.5, 0.6) is 0 Å². The van der Waals surface area contributed by atoms with Gasteiger partial charge in [0, 0.05) is 31.9 Å². The molecule has 1 amide bonds. The highest BCUT2D eigenvalue weighted by Crippen LogP contribution is 2.25. The van der Waals surface area contributed by atoms with Crippen LogP contribution in [0, 0.1) is 5.92 Å². The van der Waals surface area contributed by atoms with E-state index in [9.17, 15) is 4.79 Å². The second-order valence-electron chi connectivity index (χ2n) is 5.76. The van der Waals surface area contributed by atoms with Gasteiger partial charge in [-0.25, -0.2) is 0 Å². The van der Waals surface area contributed by atoms with Crippen LogP contribution in [0.1, 0.15) is 16.8 Å². The number of benzene rings is 1. The van der Waals surface area contributed by atoms with Gasteiger partial charge in [-0.3, -0.25) is 4.79 Å². The summed E-state index contributed by atoms with van der Waals surface area (Å²) in [5.41, 5.74) is 7.55. The Morgan fingerprint density at radius 1 is 1.24 bits per heavy atom. The first-order valence-corrected chi connectivity index (χ1v) is 7.70. The monoisotopic (exact) mass is 289 g/mol. The van der Waals surface area contributed by atoms with E-state index in [0.717, 1.165) is 57.1 Å². The molecule has 0 aromatic heterocycles. The summed E-state index contributed by atoms with van der Waals surface area (Å²) in [6.45, 7) is 5.40. The fourth-order valence-corrected chi connectivity index (χ4v) is 3.11. The number of ether oxygens (including phenoxy) is 1. The number of hydrogen-bond donors (Lipinski definition) is 1. The molecule has 3 rings (SSSR count). The van der Waals surface area contributed by atoms with Gasteiger partial charge in [-0.05, 0) is 31.0 Å². The fourth-order valence-electron chi connectivity index (χ4n) is 3.11. The number of nitrogens with two attached hydrogens (primary N) is 1. The van der Waals surface area contributed by atoms with Crippen molar-refractivity contribution >= 4 is 11.6 Å². The normalized spacial score (nSPS) is 22.6. The van der Waals surface area contributed by atoms with Crippen molar-refractivity contribution in [3.8, 4) is 0 Å². The van der Waals surface area contributed by atoms with E-state index in [0.29, 0.717) is 12.5 Å². The maximum absolute atomic E-state index is 12.8. The van der Waals surface area contributed by atoms with Crippen LogP contribution >= 0.6 is 0 Å². The summed E-state index contributed by atoms with van der Waals surface area (Å²) in [6.07, 6.45) is 1.02. The molecule has 0 radical (unpaired) electrons. The maximum atomic E-state index is 12.8. The van der Waals surface area contributed by atoms with Crippen molar-refractivity contribution < 1.29 is 9.53 Å². The number of anilines is 1. The van der Waals surface area contributed by atoms with Crippen LogP contribution in [0.15, 0.2) is 24.3 Å². The van der Waals surface area contributed by atoms with Gasteiger partial charge in [-0.15, -0.1) is 0 Å². The van der Waals surface area contributed by atoms with E-state index in [2.05, 4.69) is 4.90 Å². The van der Waals surface area contributed by atoms with E-state index in [4.69, 9.17) is 10.5 Å². The number of carbonyl (C=O) groups is 1. The van der Waals surface area contributed by atoms with Crippen molar-refractivity contribution in [2.45, 2.75) is 6.42 Å². The third-order valence-corrected chi connectivity index (χ3v) is 4.39. The molecule has 2 N–H and O–H groups in total. The minimum atomic E-state index is 0.132. The number of amides is 1. The van der Waals surface area contributed by atoms with Gasteiger partial charge in [-0.2, -0.15) is 0 Å². The Labute approximate surface area is 125 Å². The van der Waals surface area contributed by atoms with Crippen molar-refractivity contribution in [3.05, 3.63) is 29.8 Å². The van der Waals surface area contributed by atoms with Crippen LogP contribution in [0.2, 0.25) is 0 Å². The Hall–Kier alpha value is -1.59. The van der Waals surface area contributed by atoms with E-state index in [-0.39, 0.29) is 5.91 Å². The Balaban J connectivity index is 1.79. The summed E-state index contributed by atoms with van der Waals surface area (Å²) in [5, 5.41) is 0. The lowest BCUT2D eigenvalue weighted by molar-refractivity contribution is 0.0787. The van der Waals surface area contributed by atoms with Gasteiger partial charge in [0.25, 0.3) is 5.91 Å². The number of carbonyl (C=O) groups excluding carboxylic acids is 1. The second kappa shape index (κ2) is 6.45. The zero-order chi connectivity index (χ0) is 14.7. The van der Waals surface area contributed by atoms with Crippen molar-refractivity contribution in [3.63, 3.8) is 0 Å². The third-order valence-electron chi connectivity index (χ3n) is 4.39. The molecule has 1 aromatic rings. The molecule has 1 atom stereocenters. The summed E-state index contributed by atoms with van der Waals surface area (Å²) in [7, 11) is 0. The highest BCUT2D eigenvalue weighted by Gasteiger charge is 2.28. The molecule has 1 aromatic carbocycles. The van der Waals surface area contributed by atoms with E-state index in [1.165, 1.54) is 0 Å². The summed E-state index contributed by atoms with van der Waals surface area (Å²) in [6, 6.07) is 7.90. The van der Waals surface area contributed by atoms with Crippen LogP contribution in [0.25, 0.3) is 0 Å². The Morgan fingerprint density at radius 2 is 2.00 bits per heavy atom. The molecule has 0 aliphatic carbocycles. The minimum Gasteiger partial charge on any atom is -0.378 e. The second-order valence-corrected chi connectivity index (χ2v) is 5.76. The first kappa shape index (κ1) is 14.4. The summed E-state index contributed by atoms with van der Waals surface area (Å²) in [5.74, 6) is 0.581. The van der Waals surface area contributed by atoms with E-state index in [1.54, 1.807) is 0 Å². The van der Waals surface area contributed by atoms with Gasteiger partial charge in [0.1, 0.15) is 0 Å². The molecule has 2 aliphatic heterocycles. The van der Waals surface area contributed by atoms with Gasteiger partial charge in [0.05, 0.1) is 18.8 Å². The van der Waals surface area contributed by atoms with Crippen molar-refractivity contribution in [1.29, 1.82) is 0 Å². The van der Waals surface area contributed by atoms with Gasteiger partial charge in [0.15, 0.2) is 0 Å². The molecule has 114 valence electrons. The molecule has 0 saturated carbocycles. The average molecular weight is 289 g/mol. The van der Waals surface area contributed by atoms with E-state index >= 15 is 0 Å². The van der Waals surface area contributed by atoms with Crippen LogP contribution in [0.3, 0.4) is 0 Å². The molecule has 0 bridgehead atoms. The highest BCUT2D eigenvalue weighted by atomic mass is 16.5. The molecule has 2 saturated heterocycles. The first-order chi connectivity index (χ1) is 10.3. The smallest absolute Gasteiger partial charge is 0.255 e. The zero-order valence-corrected chi connectivity index (χ0v) is 12.3. The topological polar surface area (TPSA) is 58.8 Å². The summed E-state index contributed by atoms with van der Waals surface area (Å²) >= 11 is 0. The summed E-state index contributed by atoms with van der Waals surface area (Å²) < 4.78 is 5.40. The quantitative estimate of drug-likeness (QED) is 0.900. The van der Waals surface area contributed by atoms with Crippen LogP contribution in [-0.4, -0.2) is 56.7 Å². The lowest BCUT2D eigenvalue weighted by Gasteiger charge is -2.31. The van der Waals surface area contributed by atoms with Crippen molar-refractivity contribution in [2.75, 3.05) is 50.8 Å². The van der Waals surface area contributed by atoms with E-state index in [1.807, 2.05) is 29.2 Å². The van der Waals surface area contributed by atoms with Crippen LogP contribution < -0.4 is 10.6 Å². The van der Waals surface area contributed by atoms with Gasteiger partial charge in [-0.1, -0.05) is 12.1 Å². The van der Waals surface area contributed by atoms with E-state index < -0.39 is 0 Å². The lowest BCUT2D eigenvalue weighted by Crippen LogP contribution is -2.38. The van der Waals surface area contributed by atoms with Gasteiger partial charge >= 0.3 is 0 Å². The number of likely N-dealkylation sites (tertiary alicyclic amines) is 1. The molecule has 2 fully saturated rings. The number of para-hydroxylation sites is 1. The molecule has 2 aliphatic rings. The lowest BCUT2D eigenvalue weighted by atomic mass is 10.1. The Morgan fingerprint density at radius 3 is 2.71 bits per heavy atom. The molecule has 0 unspecified atom stereocenters. The highest BCUT2D eigenvalue weighted by molar-refractivity contribution is 6.00. The predicted octanol–water partition coefficient (Wildman–Crippen LogP) is 0.944. The minimum absolute atomic E-state index is 0.132. The molecular formula is C16H23N3O2. The first-order valence-electron chi connectivity index (χ1n) is 7.70. The standard InChI is InChI=1S/C16H23N3O2/c17-11-13-5-6-19(12-13)16(20)14-3-1-2-4-15(14)18-7-9-21-10-8-18/h1-4,13H,5-12,17H2/t13-/m1/s1. The third kappa shape index (κ3) is 3.04. The largest absolute Gasteiger partial charge is 0.378 e. The van der Waals surface area contributed by atoms with Gasteiger partial charge < -0.3 is 20.3 Å². The molecule has 21 heavy (non-hydrogen) atoms. The summed E-state index contributed by atoms with van der Waals surface area (Å²) in [4.78, 5) is 17.0. The Kier molecular flexibility index (Phi) is 4.41. The molecule has 2 heterocycles.